The number of benzene rings is 2. The molecule has 2 aromatic carbocycles. The van der Waals surface area contributed by atoms with Gasteiger partial charge in [0.1, 0.15) is 35.2 Å². The molecule has 182 valence electrons. The third-order valence-corrected chi connectivity index (χ3v) is 5.74. The Balaban J connectivity index is 1.81. The molecule has 4 aromatic rings. The molecule has 0 saturated carbocycles. The molecule has 35 heavy (non-hydrogen) atoms. The van der Waals surface area contributed by atoms with Crippen LogP contribution in [0.15, 0.2) is 41.1 Å². The summed E-state index contributed by atoms with van der Waals surface area (Å²) in [5.41, 5.74) is 5.07. The first-order chi connectivity index (χ1) is 16.7. The monoisotopic (exact) mass is 550 g/mol. The van der Waals surface area contributed by atoms with Gasteiger partial charge in [0.2, 0.25) is 0 Å². The Hall–Kier alpha value is -3.87. The van der Waals surface area contributed by atoms with Gasteiger partial charge in [-0.1, -0.05) is 0 Å². The van der Waals surface area contributed by atoms with Crippen LogP contribution in [0.25, 0.3) is 16.7 Å². The third-order valence-electron chi connectivity index (χ3n) is 5.16. The zero-order chi connectivity index (χ0) is 25.3. The van der Waals surface area contributed by atoms with Gasteiger partial charge in [-0.3, -0.25) is 4.79 Å². The van der Waals surface area contributed by atoms with E-state index in [0.717, 1.165) is 16.3 Å². The van der Waals surface area contributed by atoms with Gasteiger partial charge in [0.25, 0.3) is 12.3 Å². The molecule has 9 nitrogen and oxygen atoms in total. The molecule has 2 aromatic heterocycles. The lowest BCUT2D eigenvalue weighted by molar-refractivity contribution is 0.0996. The molecule has 0 aliphatic carbocycles. The van der Waals surface area contributed by atoms with Crippen LogP contribution in [0.3, 0.4) is 0 Å². The molecule has 0 aliphatic rings. The smallest absolute Gasteiger partial charge is 0.282 e. The fourth-order valence-corrected chi connectivity index (χ4v) is 3.95. The quantitative estimate of drug-likeness (QED) is 0.334. The molecular weight excluding hydrogens is 533 g/mol. The average molecular weight is 551 g/mol. The van der Waals surface area contributed by atoms with E-state index in [1.54, 1.807) is 18.2 Å². The lowest BCUT2D eigenvalue weighted by Gasteiger charge is -2.12. The van der Waals surface area contributed by atoms with Crippen molar-refractivity contribution in [3.05, 3.63) is 63.8 Å². The number of alkyl halides is 2. The number of hydrogen-bond acceptors (Lipinski definition) is 7. The Labute approximate surface area is 205 Å². The number of primary amides is 1. The number of fused-ring (bicyclic) bond motifs is 1. The maximum absolute atomic E-state index is 14.3. The summed E-state index contributed by atoms with van der Waals surface area (Å²) < 4.78 is 53.8. The number of rotatable bonds is 8. The van der Waals surface area contributed by atoms with E-state index in [4.69, 9.17) is 15.2 Å². The number of hydrogen-bond donors (Lipinski definition) is 2. The van der Waals surface area contributed by atoms with Gasteiger partial charge in [-0.25, -0.2) is 27.8 Å². The van der Waals surface area contributed by atoms with Gasteiger partial charge in [-0.15, -0.1) is 0 Å². The Bertz CT molecular complexity index is 1430. The van der Waals surface area contributed by atoms with Crippen molar-refractivity contribution in [2.75, 3.05) is 19.5 Å². The van der Waals surface area contributed by atoms with Crippen LogP contribution >= 0.6 is 15.9 Å². The summed E-state index contributed by atoms with van der Waals surface area (Å²) in [5.74, 6) is -0.678. The van der Waals surface area contributed by atoms with Crippen molar-refractivity contribution >= 4 is 38.7 Å². The van der Waals surface area contributed by atoms with Crippen LogP contribution in [-0.4, -0.2) is 39.9 Å². The van der Waals surface area contributed by atoms with Gasteiger partial charge in [0.05, 0.1) is 35.3 Å². The van der Waals surface area contributed by atoms with Crippen LogP contribution in [0.5, 0.6) is 11.5 Å². The average Bonchev–Trinajstić information content (AvgIpc) is 3.24. The van der Waals surface area contributed by atoms with E-state index < -0.39 is 29.4 Å². The summed E-state index contributed by atoms with van der Waals surface area (Å²) in [4.78, 5) is 19.9. The van der Waals surface area contributed by atoms with Crippen molar-refractivity contribution < 1.29 is 27.4 Å². The number of carbonyl (C=O) groups is 1. The number of ether oxygens (including phenoxy) is 2. The molecule has 3 N–H and O–H groups in total. The van der Waals surface area contributed by atoms with Crippen LogP contribution in [0.1, 0.15) is 28.0 Å². The SMILES string of the molecule is COc1ccc(CNc2ncnc3c2c(C(F)F)nn3-c2cc(Br)c(F)c(C(N)=O)c2)c(OC)c1. The number of aromatic nitrogens is 4. The van der Waals surface area contributed by atoms with Gasteiger partial charge < -0.3 is 20.5 Å². The molecule has 0 aliphatic heterocycles. The highest BCUT2D eigenvalue weighted by atomic mass is 79.9. The maximum atomic E-state index is 14.3. The van der Waals surface area contributed by atoms with Crippen molar-refractivity contribution in [2.45, 2.75) is 13.0 Å². The number of halogens is 4. The van der Waals surface area contributed by atoms with E-state index in [2.05, 4.69) is 36.3 Å². The fourth-order valence-electron chi connectivity index (χ4n) is 3.50. The topological polar surface area (TPSA) is 117 Å². The summed E-state index contributed by atoms with van der Waals surface area (Å²) in [6, 6.07) is 7.59. The van der Waals surface area contributed by atoms with Gasteiger partial charge >= 0.3 is 0 Å². The van der Waals surface area contributed by atoms with E-state index in [-0.39, 0.29) is 33.6 Å². The van der Waals surface area contributed by atoms with Crippen LogP contribution in [0.2, 0.25) is 0 Å². The standard InChI is InChI=1S/C22H18BrF3N6O3/c1-34-12-4-3-10(15(7-12)35-2)8-28-21-16-18(19(25)26)31-32(22(16)30-9-29-21)11-5-13(20(27)33)17(24)14(23)6-11/h3-7,9,19H,8H2,1-2H3,(H2,27,33)(H,28,29,30). The lowest BCUT2D eigenvalue weighted by atomic mass is 10.1. The molecule has 1 amide bonds. The molecule has 0 unspecified atom stereocenters. The van der Waals surface area contributed by atoms with Gasteiger partial charge in [-0.05, 0) is 40.2 Å². The third kappa shape index (κ3) is 4.58. The first-order valence-corrected chi connectivity index (χ1v) is 10.8. The second kappa shape index (κ2) is 9.78. The molecule has 0 bridgehead atoms. The van der Waals surface area contributed by atoms with E-state index in [0.29, 0.717) is 11.5 Å². The second-order valence-electron chi connectivity index (χ2n) is 7.20. The molecule has 0 fully saturated rings. The van der Waals surface area contributed by atoms with Crippen molar-refractivity contribution in [2.24, 2.45) is 5.73 Å². The predicted octanol–water partition coefficient (Wildman–Crippen LogP) is 4.38. The largest absolute Gasteiger partial charge is 0.497 e. The lowest BCUT2D eigenvalue weighted by Crippen LogP contribution is -2.14. The van der Waals surface area contributed by atoms with Crippen molar-refractivity contribution in [3.8, 4) is 17.2 Å². The molecule has 0 spiro atoms. The Kier molecular flexibility index (Phi) is 6.78. The number of anilines is 1. The molecular formula is C22H18BrF3N6O3. The number of nitrogens with zero attached hydrogens (tertiary/aromatic N) is 4. The summed E-state index contributed by atoms with van der Waals surface area (Å²) in [6.07, 6.45) is -1.79. The van der Waals surface area contributed by atoms with E-state index in [9.17, 15) is 18.0 Å². The highest BCUT2D eigenvalue weighted by Crippen LogP contribution is 2.34. The molecule has 0 atom stereocenters. The van der Waals surface area contributed by atoms with Gasteiger partial charge in [0.15, 0.2) is 5.65 Å². The number of nitrogens with one attached hydrogen (secondary N) is 1. The Morgan fingerprint density at radius 1 is 1.20 bits per heavy atom. The van der Waals surface area contributed by atoms with Crippen molar-refractivity contribution in [3.63, 3.8) is 0 Å². The van der Waals surface area contributed by atoms with Crippen LogP contribution in [0.4, 0.5) is 19.0 Å². The summed E-state index contributed by atoms with van der Waals surface area (Å²) in [7, 11) is 3.03. The van der Waals surface area contributed by atoms with Crippen LogP contribution in [0, 0.1) is 5.82 Å². The minimum atomic E-state index is -2.97. The number of methoxy groups -OCH3 is 2. The highest BCUT2D eigenvalue weighted by Gasteiger charge is 2.25. The normalized spacial score (nSPS) is 11.2. The second-order valence-corrected chi connectivity index (χ2v) is 8.06. The highest BCUT2D eigenvalue weighted by molar-refractivity contribution is 9.10. The van der Waals surface area contributed by atoms with Gasteiger partial charge in [0, 0.05) is 18.2 Å². The zero-order valence-electron chi connectivity index (χ0n) is 18.4. The van der Waals surface area contributed by atoms with Gasteiger partial charge in [-0.2, -0.15) is 5.10 Å². The fraction of sp³-hybridized carbons (Fsp3) is 0.182. The Morgan fingerprint density at radius 2 is 1.97 bits per heavy atom. The predicted molar refractivity (Wildman–Crippen MR) is 125 cm³/mol. The number of nitrogens with two attached hydrogens (primary N) is 1. The minimum absolute atomic E-state index is 0.0217. The van der Waals surface area contributed by atoms with Crippen LogP contribution < -0.4 is 20.5 Å². The Morgan fingerprint density at radius 3 is 2.63 bits per heavy atom. The van der Waals surface area contributed by atoms with E-state index in [1.807, 2.05) is 0 Å². The summed E-state index contributed by atoms with van der Waals surface area (Å²) in [5, 5.41) is 6.98. The molecule has 13 heteroatoms. The summed E-state index contributed by atoms with van der Waals surface area (Å²) in [6.45, 7) is 0.182. The zero-order valence-corrected chi connectivity index (χ0v) is 19.9. The van der Waals surface area contributed by atoms with Crippen molar-refractivity contribution in [1.82, 2.24) is 19.7 Å². The van der Waals surface area contributed by atoms with Crippen molar-refractivity contribution in [1.29, 1.82) is 0 Å². The molecule has 0 saturated heterocycles. The minimum Gasteiger partial charge on any atom is -0.497 e. The maximum Gasteiger partial charge on any atom is 0.282 e. The molecule has 2 heterocycles. The number of amides is 1. The first kappa shape index (κ1) is 24.3. The first-order valence-electron chi connectivity index (χ1n) is 10.0. The van der Waals surface area contributed by atoms with E-state index in [1.165, 1.54) is 26.6 Å². The van der Waals surface area contributed by atoms with E-state index >= 15 is 0 Å². The van der Waals surface area contributed by atoms with Crippen LogP contribution in [-0.2, 0) is 6.54 Å². The molecule has 0 radical (unpaired) electrons. The molecule has 4 rings (SSSR count). The summed E-state index contributed by atoms with van der Waals surface area (Å²) >= 11 is 3.01. The number of carbonyl (C=O) groups excluding carboxylic acids is 1.